The van der Waals surface area contributed by atoms with Crippen molar-refractivity contribution >= 4 is 35.1 Å². The van der Waals surface area contributed by atoms with E-state index in [2.05, 4.69) is 4.90 Å². The molecule has 0 atom stereocenters. The molecule has 0 radical (unpaired) electrons. The number of aromatic hydroxyl groups is 1. The number of phenols is 1. The molecule has 1 saturated heterocycles. The van der Waals surface area contributed by atoms with Crippen LogP contribution < -0.4 is 4.74 Å². The summed E-state index contributed by atoms with van der Waals surface area (Å²) in [6, 6.07) is 8.14. The fourth-order valence-electron chi connectivity index (χ4n) is 3.34. The van der Waals surface area contributed by atoms with E-state index in [1.54, 1.807) is 30.3 Å². The molecular weight excluding hydrogens is 413 g/mol. The van der Waals surface area contributed by atoms with Crippen molar-refractivity contribution in [1.29, 1.82) is 0 Å². The zero-order valence-electron chi connectivity index (χ0n) is 16.1. The SMILES string of the molecule is COc1cc(O)c(C(=O)/C=C/c2ccc(Cl)cc2Cl)cc1CN1CCC(O)CC1. The second-order valence-corrected chi connectivity index (χ2v) is 7.90. The average molecular weight is 436 g/mol. The number of likely N-dealkylation sites (tertiary alicyclic amines) is 1. The third kappa shape index (κ3) is 5.52. The standard InChI is InChI=1S/C22H23Cl2NO4/c1-29-22-12-21(28)18(10-15(22)13-25-8-6-17(26)7-9-25)20(27)5-3-14-2-4-16(23)11-19(14)24/h2-5,10-12,17,26,28H,6-9,13H2,1H3/b5-3+. The molecule has 1 aliphatic heterocycles. The minimum Gasteiger partial charge on any atom is -0.507 e. The summed E-state index contributed by atoms with van der Waals surface area (Å²) in [5.74, 6) is 0.0397. The Hall–Kier alpha value is -2.05. The Morgan fingerprint density at radius 3 is 2.62 bits per heavy atom. The third-order valence-corrected chi connectivity index (χ3v) is 5.55. The molecule has 7 heteroatoms. The number of aliphatic hydroxyl groups excluding tert-OH is 1. The predicted octanol–water partition coefficient (Wildman–Crippen LogP) is 4.56. The molecule has 2 aromatic carbocycles. The number of aliphatic hydroxyl groups is 1. The summed E-state index contributed by atoms with van der Waals surface area (Å²) in [5.41, 5.74) is 1.66. The van der Waals surface area contributed by atoms with Gasteiger partial charge < -0.3 is 14.9 Å². The number of hydrogen-bond donors (Lipinski definition) is 2. The molecule has 154 valence electrons. The second kappa shape index (κ2) is 9.63. The minimum atomic E-state index is -0.341. The van der Waals surface area contributed by atoms with E-state index in [1.807, 2.05) is 0 Å². The van der Waals surface area contributed by atoms with E-state index in [1.165, 1.54) is 19.3 Å². The maximum atomic E-state index is 12.7. The van der Waals surface area contributed by atoms with Crippen molar-refractivity contribution in [3.05, 3.63) is 63.1 Å². The van der Waals surface area contributed by atoms with E-state index in [-0.39, 0.29) is 23.2 Å². The Labute approximate surface area is 180 Å². The van der Waals surface area contributed by atoms with Crippen molar-refractivity contribution in [3.8, 4) is 11.5 Å². The topological polar surface area (TPSA) is 70.0 Å². The molecule has 0 aliphatic carbocycles. The number of hydrogen-bond acceptors (Lipinski definition) is 5. The molecule has 3 rings (SSSR count). The van der Waals surface area contributed by atoms with Gasteiger partial charge in [-0.1, -0.05) is 29.3 Å². The van der Waals surface area contributed by atoms with Gasteiger partial charge in [-0.3, -0.25) is 9.69 Å². The molecule has 1 aliphatic rings. The molecule has 0 saturated carbocycles. The molecule has 29 heavy (non-hydrogen) atoms. The van der Waals surface area contributed by atoms with Gasteiger partial charge in [0.15, 0.2) is 5.78 Å². The highest BCUT2D eigenvalue weighted by Gasteiger charge is 2.20. The lowest BCUT2D eigenvalue weighted by Gasteiger charge is -2.30. The van der Waals surface area contributed by atoms with E-state index in [9.17, 15) is 15.0 Å². The molecule has 5 nitrogen and oxygen atoms in total. The van der Waals surface area contributed by atoms with Gasteiger partial charge in [-0.05, 0) is 48.8 Å². The minimum absolute atomic E-state index is 0.142. The Balaban J connectivity index is 1.82. The zero-order chi connectivity index (χ0) is 21.0. The van der Waals surface area contributed by atoms with E-state index >= 15 is 0 Å². The lowest BCUT2D eigenvalue weighted by molar-refractivity contribution is 0.0789. The number of rotatable bonds is 6. The number of ether oxygens (including phenoxy) is 1. The number of ketones is 1. The van der Waals surface area contributed by atoms with Crippen LogP contribution in [0.2, 0.25) is 10.0 Å². The number of nitrogens with zero attached hydrogens (tertiary/aromatic N) is 1. The van der Waals surface area contributed by atoms with Crippen LogP contribution in [0.4, 0.5) is 0 Å². The van der Waals surface area contributed by atoms with Crippen molar-refractivity contribution in [2.45, 2.75) is 25.5 Å². The fraction of sp³-hybridized carbons (Fsp3) is 0.318. The number of halogens is 2. The van der Waals surface area contributed by atoms with Gasteiger partial charge in [0.05, 0.1) is 18.8 Å². The van der Waals surface area contributed by atoms with E-state index in [0.717, 1.165) is 31.5 Å². The van der Waals surface area contributed by atoms with Gasteiger partial charge in [0, 0.05) is 41.3 Å². The van der Waals surface area contributed by atoms with Gasteiger partial charge in [-0.2, -0.15) is 0 Å². The fourth-order valence-corrected chi connectivity index (χ4v) is 3.81. The quantitative estimate of drug-likeness (QED) is 0.513. The molecule has 2 N–H and O–H groups in total. The molecule has 0 unspecified atom stereocenters. The van der Waals surface area contributed by atoms with Crippen LogP contribution in [0.1, 0.15) is 34.3 Å². The maximum absolute atomic E-state index is 12.7. The molecule has 1 fully saturated rings. The first-order chi connectivity index (χ1) is 13.9. The third-order valence-electron chi connectivity index (χ3n) is 4.99. The molecule has 1 heterocycles. The van der Waals surface area contributed by atoms with Crippen LogP contribution >= 0.6 is 23.2 Å². The zero-order valence-corrected chi connectivity index (χ0v) is 17.6. The van der Waals surface area contributed by atoms with Gasteiger partial charge in [0.2, 0.25) is 0 Å². The van der Waals surface area contributed by atoms with Crippen LogP contribution in [-0.2, 0) is 6.54 Å². The van der Waals surface area contributed by atoms with Crippen molar-refractivity contribution in [2.75, 3.05) is 20.2 Å². The summed E-state index contributed by atoms with van der Waals surface area (Å²) >= 11 is 12.0. The number of carbonyl (C=O) groups excluding carboxylic acids is 1. The normalized spacial score (nSPS) is 15.7. The van der Waals surface area contributed by atoms with Crippen molar-refractivity contribution < 1.29 is 19.7 Å². The summed E-state index contributed by atoms with van der Waals surface area (Å²) in [6.07, 6.45) is 4.15. The van der Waals surface area contributed by atoms with E-state index in [0.29, 0.717) is 27.9 Å². The highest BCUT2D eigenvalue weighted by atomic mass is 35.5. The summed E-state index contributed by atoms with van der Waals surface area (Å²) in [7, 11) is 1.53. The Kier molecular flexibility index (Phi) is 7.19. The number of piperidine rings is 1. The van der Waals surface area contributed by atoms with Gasteiger partial charge in [-0.15, -0.1) is 0 Å². The number of benzene rings is 2. The molecule has 0 bridgehead atoms. The summed E-state index contributed by atoms with van der Waals surface area (Å²) in [4.78, 5) is 14.9. The molecule has 0 aromatic heterocycles. The van der Waals surface area contributed by atoms with Crippen LogP contribution in [0.3, 0.4) is 0 Å². The van der Waals surface area contributed by atoms with Crippen LogP contribution in [-0.4, -0.2) is 47.2 Å². The van der Waals surface area contributed by atoms with Crippen LogP contribution in [0.25, 0.3) is 6.08 Å². The number of allylic oxidation sites excluding steroid dienone is 1. The Bertz CT molecular complexity index is 921. The molecule has 2 aromatic rings. The van der Waals surface area contributed by atoms with E-state index < -0.39 is 0 Å². The molecular formula is C22H23Cl2NO4. The second-order valence-electron chi connectivity index (χ2n) is 7.05. The van der Waals surface area contributed by atoms with Crippen LogP contribution in [0.15, 0.2) is 36.4 Å². The predicted molar refractivity (Wildman–Crippen MR) is 115 cm³/mol. The Morgan fingerprint density at radius 1 is 1.24 bits per heavy atom. The van der Waals surface area contributed by atoms with E-state index in [4.69, 9.17) is 27.9 Å². The lowest BCUT2D eigenvalue weighted by atomic mass is 10.0. The highest BCUT2D eigenvalue weighted by Crippen LogP contribution is 2.31. The number of carbonyl (C=O) groups is 1. The average Bonchev–Trinajstić information content (AvgIpc) is 2.69. The first-order valence-corrected chi connectivity index (χ1v) is 10.1. The highest BCUT2D eigenvalue weighted by molar-refractivity contribution is 6.35. The first kappa shape index (κ1) is 21.7. The van der Waals surface area contributed by atoms with Crippen LogP contribution in [0, 0.1) is 0 Å². The van der Waals surface area contributed by atoms with Gasteiger partial charge in [0.25, 0.3) is 0 Å². The van der Waals surface area contributed by atoms with Gasteiger partial charge >= 0.3 is 0 Å². The monoisotopic (exact) mass is 435 g/mol. The first-order valence-electron chi connectivity index (χ1n) is 9.35. The maximum Gasteiger partial charge on any atom is 0.189 e. The van der Waals surface area contributed by atoms with Gasteiger partial charge in [-0.25, -0.2) is 0 Å². The lowest BCUT2D eigenvalue weighted by Crippen LogP contribution is -2.35. The summed E-state index contributed by atoms with van der Waals surface area (Å²) in [6.45, 7) is 2.11. The van der Waals surface area contributed by atoms with Crippen LogP contribution in [0.5, 0.6) is 11.5 Å². The number of methoxy groups -OCH3 is 1. The largest absolute Gasteiger partial charge is 0.507 e. The van der Waals surface area contributed by atoms with Crippen molar-refractivity contribution in [1.82, 2.24) is 4.90 Å². The summed E-state index contributed by atoms with van der Waals surface area (Å²) < 4.78 is 5.38. The Morgan fingerprint density at radius 2 is 1.97 bits per heavy atom. The molecule has 0 amide bonds. The van der Waals surface area contributed by atoms with Gasteiger partial charge in [0.1, 0.15) is 11.5 Å². The molecule has 0 spiro atoms. The number of phenolic OH excluding ortho intramolecular Hbond substituents is 1. The smallest absolute Gasteiger partial charge is 0.189 e. The summed E-state index contributed by atoms with van der Waals surface area (Å²) in [5, 5.41) is 21.0. The van der Waals surface area contributed by atoms with Crippen molar-refractivity contribution in [3.63, 3.8) is 0 Å². The van der Waals surface area contributed by atoms with Crippen molar-refractivity contribution in [2.24, 2.45) is 0 Å².